The van der Waals surface area contributed by atoms with Gasteiger partial charge in [-0.2, -0.15) is 0 Å². The standard InChI is InChI=1S/C25H39NO5/c1-25(2,3)31-24(28)26-15-14-22(23(27)18-26)19-10-12-21(13-11-19)30-17-7-16-29-20-8-5-4-6-9-20/h10-13,20,22-23,27H,4-9,14-18H2,1-3H3. The van der Waals surface area contributed by atoms with Crippen LogP contribution in [0.5, 0.6) is 5.75 Å². The number of nitrogens with zero attached hydrogens (tertiary/aromatic N) is 1. The molecule has 31 heavy (non-hydrogen) atoms. The van der Waals surface area contributed by atoms with Crippen LogP contribution >= 0.6 is 0 Å². The largest absolute Gasteiger partial charge is 0.494 e. The number of hydrogen-bond donors (Lipinski definition) is 1. The predicted octanol–water partition coefficient (Wildman–Crippen LogP) is 4.89. The first-order valence-corrected chi connectivity index (χ1v) is 11.8. The molecule has 1 aliphatic carbocycles. The molecule has 0 aromatic heterocycles. The van der Waals surface area contributed by atoms with E-state index in [4.69, 9.17) is 14.2 Å². The number of carbonyl (C=O) groups excluding carboxylic acids is 1. The lowest BCUT2D eigenvalue weighted by molar-refractivity contribution is -0.00152. The lowest BCUT2D eigenvalue weighted by Gasteiger charge is -2.36. The molecule has 6 nitrogen and oxygen atoms in total. The van der Waals surface area contributed by atoms with Crippen LogP contribution in [0.1, 0.15) is 77.2 Å². The molecule has 174 valence electrons. The van der Waals surface area contributed by atoms with Crippen LogP contribution in [0.15, 0.2) is 24.3 Å². The van der Waals surface area contributed by atoms with E-state index in [0.29, 0.717) is 32.2 Å². The Morgan fingerprint density at radius 1 is 1.06 bits per heavy atom. The maximum absolute atomic E-state index is 12.3. The van der Waals surface area contributed by atoms with E-state index in [1.807, 2.05) is 45.0 Å². The van der Waals surface area contributed by atoms with Gasteiger partial charge >= 0.3 is 6.09 Å². The van der Waals surface area contributed by atoms with Gasteiger partial charge in [-0.1, -0.05) is 31.4 Å². The van der Waals surface area contributed by atoms with Gasteiger partial charge in [-0.15, -0.1) is 0 Å². The summed E-state index contributed by atoms with van der Waals surface area (Å²) in [5, 5.41) is 10.6. The molecule has 1 aromatic carbocycles. The highest BCUT2D eigenvalue weighted by Gasteiger charge is 2.33. The van der Waals surface area contributed by atoms with Gasteiger partial charge in [0.05, 0.1) is 32.0 Å². The molecule has 3 rings (SSSR count). The Morgan fingerprint density at radius 2 is 1.77 bits per heavy atom. The van der Waals surface area contributed by atoms with Crippen LogP contribution in [0.2, 0.25) is 0 Å². The molecular formula is C25H39NO5. The Bertz CT molecular complexity index is 678. The summed E-state index contributed by atoms with van der Waals surface area (Å²) < 4.78 is 17.2. The number of carbonyl (C=O) groups is 1. The van der Waals surface area contributed by atoms with Gasteiger partial charge in [-0.05, 0) is 57.7 Å². The summed E-state index contributed by atoms with van der Waals surface area (Å²) in [6.07, 6.45) is 7.41. The van der Waals surface area contributed by atoms with Gasteiger partial charge in [0, 0.05) is 18.9 Å². The number of hydrogen-bond acceptors (Lipinski definition) is 5. The van der Waals surface area contributed by atoms with Crippen LogP contribution in [0.4, 0.5) is 4.79 Å². The Kier molecular flexibility index (Phi) is 8.61. The highest BCUT2D eigenvalue weighted by molar-refractivity contribution is 5.68. The first-order chi connectivity index (χ1) is 14.8. The second-order valence-electron chi connectivity index (χ2n) is 9.79. The fourth-order valence-corrected chi connectivity index (χ4v) is 4.35. The molecule has 1 saturated carbocycles. The third-order valence-corrected chi connectivity index (χ3v) is 6.01. The smallest absolute Gasteiger partial charge is 0.410 e. The van der Waals surface area contributed by atoms with Crippen molar-refractivity contribution in [2.75, 3.05) is 26.3 Å². The van der Waals surface area contributed by atoms with E-state index < -0.39 is 11.7 Å². The van der Waals surface area contributed by atoms with Crippen molar-refractivity contribution in [1.29, 1.82) is 0 Å². The summed E-state index contributed by atoms with van der Waals surface area (Å²) in [5.41, 5.74) is 0.542. The maximum atomic E-state index is 12.3. The van der Waals surface area contributed by atoms with Gasteiger partial charge in [0.1, 0.15) is 11.4 Å². The minimum absolute atomic E-state index is 0.0108. The number of rotatable bonds is 7. The summed E-state index contributed by atoms with van der Waals surface area (Å²) >= 11 is 0. The number of piperidine rings is 1. The van der Waals surface area contributed by atoms with Crippen LogP contribution in [-0.2, 0) is 9.47 Å². The van der Waals surface area contributed by atoms with Crippen LogP contribution in [0.3, 0.4) is 0 Å². The number of aliphatic hydroxyl groups excluding tert-OH is 1. The van der Waals surface area contributed by atoms with E-state index in [2.05, 4.69) is 0 Å². The zero-order valence-corrected chi connectivity index (χ0v) is 19.3. The second kappa shape index (κ2) is 11.2. The highest BCUT2D eigenvalue weighted by Crippen LogP contribution is 2.30. The number of β-amino-alcohol motifs (C(OH)–C–C–N with tert-alkyl or cyclic N) is 1. The fraction of sp³-hybridized carbons (Fsp3) is 0.720. The molecule has 2 atom stereocenters. The van der Waals surface area contributed by atoms with Gasteiger partial charge < -0.3 is 24.2 Å². The van der Waals surface area contributed by atoms with E-state index in [1.165, 1.54) is 32.1 Å². The minimum Gasteiger partial charge on any atom is -0.494 e. The zero-order valence-electron chi connectivity index (χ0n) is 19.3. The lowest BCUT2D eigenvalue weighted by Crippen LogP contribution is -2.47. The summed E-state index contributed by atoms with van der Waals surface area (Å²) in [6.45, 7) is 7.81. The van der Waals surface area contributed by atoms with E-state index in [-0.39, 0.29) is 12.0 Å². The molecule has 0 radical (unpaired) electrons. The monoisotopic (exact) mass is 433 g/mol. The molecule has 2 unspecified atom stereocenters. The quantitative estimate of drug-likeness (QED) is 0.620. The van der Waals surface area contributed by atoms with E-state index in [1.54, 1.807) is 4.90 Å². The molecule has 0 bridgehead atoms. The molecular weight excluding hydrogens is 394 g/mol. The van der Waals surface area contributed by atoms with Gasteiger partial charge in [-0.25, -0.2) is 4.79 Å². The number of amides is 1. The maximum Gasteiger partial charge on any atom is 0.410 e. The number of ether oxygens (including phenoxy) is 3. The van der Waals surface area contributed by atoms with Crippen LogP contribution in [0.25, 0.3) is 0 Å². The first-order valence-electron chi connectivity index (χ1n) is 11.8. The van der Waals surface area contributed by atoms with Crippen molar-refractivity contribution >= 4 is 6.09 Å². The Labute approximate surface area is 186 Å². The van der Waals surface area contributed by atoms with Crippen LogP contribution < -0.4 is 4.74 Å². The second-order valence-corrected chi connectivity index (χ2v) is 9.79. The summed E-state index contributed by atoms with van der Waals surface area (Å²) in [7, 11) is 0. The SMILES string of the molecule is CC(C)(C)OC(=O)N1CCC(c2ccc(OCCCOC3CCCCC3)cc2)C(O)C1. The molecule has 1 amide bonds. The third-order valence-electron chi connectivity index (χ3n) is 6.01. The molecule has 1 saturated heterocycles. The van der Waals surface area contributed by atoms with Crippen molar-refractivity contribution in [3.8, 4) is 5.75 Å². The van der Waals surface area contributed by atoms with Crippen LogP contribution in [0, 0.1) is 0 Å². The van der Waals surface area contributed by atoms with Gasteiger partial charge in [-0.3, -0.25) is 0 Å². The molecule has 2 fully saturated rings. The summed E-state index contributed by atoms with van der Waals surface area (Å²) in [5.74, 6) is 0.846. The van der Waals surface area contributed by atoms with Crippen molar-refractivity contribution in [2.45, 2.75) is 89.4 Å². The van der Waals surface area contributed by atoms with E-state index in [0.717, 1.165) is 24.3 Å². The Hall–Kier alpha value is -1.79. The van der Waals surface area contributed by atoms with Crippen molar-refractivity contribution in [2.24, 2.45) is 0 Å². The first kappa shape index (κ1) is 23.9. The van der Waals surface area contributed by atoms with E-state index in [9.17, 15) is 9.90 Å². The average molecular weight is 434 g/mol. The Balaban J connectivity index is 1.39. The van der Waals surface area contributed by atoms with Gasteiger partial charge in [0.2, 0.25) is 0 Å². The third kappa shape index (κ3) is 7.69. The minimum atomic E-state index is -0.607. The Morgan fingerprint density at radius 3 is 2.42 bits per heavy atom. The predicted molar refractivity (Wildman–Crippen MR) is 121 cm³/mol. The normalized spacial score (nSPS) is 22.9. The topological polar surface area (TPSA) is 68.2 Å². The molecule has 6 heteroatoms. The van der Waals surface area contributed by atoms with Crippen molar-refractivity contribution in [3.05, 3.63) is 29.8 Å². The highest BCUT2D eigenvalue weighted by atomic mass is 16.6. The number of benzene rings is 1. The lowest BCUT2D eigenvalue weighted by atomic mass is 9.87. The summed E-state index contributed by atoms with van der Waals surface area (Å²) in [4.78, 5) is 13.8. The zero-order chi connectivity index (χ0) is 22.3. The number of aliphatic hydroxyl groups is 1. The molecule has 1 heterocycles. The summed E-state index contributed by atoms with van der Waals surface area (Å²) in [6, 6.07) is 7.96. The van der Waals surface area contributed by atoms with Crippen molar-refractivity contribution in [1.82, 2.24) is 4.90 Å². The van der Waals surface area contributed by atoms with E-state index >= 15 is 0 Å². The number of likely N-dealkylation sites (tertiary alicyclic amines) is 1. The average Bonchev–Trinajstić information content (AvgIpc) is 2.73. The van der Waals surface area contributed by atoms with Gasteiger partial charge in [0.15, 0.2) is 0 Å². The van der Waals surface area contributed by atoms with Crippen LogP contribution in [-0.4, -0.2) is 60.2 Å². The molecule has 0 spiro atoms. The molecule has 2 aliphatic rings. The molecule has 1 aromatic rings. The molecule has 1 aliphatic heterocycles. The van der Waals surface area contributed by atoms with Crippen molar-refractivity contribution < 1.29 is 24.1 Å². The van der Waals surface area contributed by atoms with Crippen molar-refractivity contribution in [3.63, 3.8) is 0 Å². The molecule has 1 N–H and O–H groups in total. The fourth-order valence-electron chi connectivity index (χ4n) is 4.35. The van der Waals surface area contributed by atoms with Gasteiger partial charge in [0.25, 0.3) is 0 Å².